The summed E-state index contributed by atoms with van der Waals surface area (Å²) in [6, 6.07) is 5.23. The first kappa shape index (κ1) is 17.3. The minimum absolute atomic E-state index is 0.0858. The topological polar surface area (TPSA) is 67.8 Å². The largest absolute Gasteiger partial charge is 0.497 e. The van der Waals surface area contributed by atoms with Crippen molar-refractivity contribution in [1.29, 1.82) is 0 Å². The highest BCUT2D eigenvalue weighted by molar-refractivity contribution is 5.77. The highest BCUT2D eigenvalue weighted by Gasteiger charge is 2.14. The van der Waals surface area contributed by atoms with Crippen LogP contribution in [0.25, 0.3) is 0 Å². The summed E-state index contributed by atoms with van der Waals surface area (Å²) in [6.45, 7) is 7.59. The van der Waals surface area contributed by atoms with E-state index in [0.29, 0.717) is 23.0 Å². The van der Waals surface area contributed by atoms with Crippen LogP contribution in [0.15, 0.2) is 18.2 Å². The van der Waals surface area contributed by atoms with Gasteiger partial charge in [0.1, 0.15) is 11.5 Å². The van der Waals surface area contributed by atoms with Crippen LogP contribution in [0.1, 0.15) is 39.4 Å². The number of hydrogen-bond donors (Lipinski definition) is 2. The van der Waals surface area contributed by atoms with Crippen LogP contribution in [0.4, 0.5) is 0 Å². The molecule has 0 saturated heterocycles. The Hall–Kier alpha value is -1.75. The highest BCUT2D eigenvalue weighted by atomic mass is 16.5. The lowest BCUT2D eigenvalue weighted by atomic mass is 10.1. The molecule has 2 atom stereocenters. The number of carbonyl (C=O) groups excluding carboxylic acids is 1. The fourth-order valence-corrected chi connectivity index (χ4v) is 1.72. The standard InChI is InChI=1S/C16H25NO4/c1-10(2)11(3)17-16(19)9-21-15-8-13(20-5)6-7-14(15)12(4)18/h6-8,10-12,18H,9H2,1-5H3,(H,17,19)/t11?,12-/m1/s1. The smallest absolute Gasteiger partial charge is 0.258 e. The number of rotatable bonds is 7. The van der Waals surface area contributed by atoms with Gasteiger partial charge >= 0.3 is 0 Å². The highest BCUT2D eigenvalue weighted by Crippen LogP contribution is 2.29. The van der Waals surface area contributed by atoms with E-state index in [1.807, 2.05) is 20.8 Å². The van der Waals surface area contributed by atoms with Crippen molar-refractivity contribution in [3.63, 3.8) is 0 Å². The molecule has 0 radical (unpaired) electrons. The molecule has 118 valence electrons. The maximum absolute atomic E-state index is 11.8. The van der Waals surface area contributed by atoms with Gasteiger partial charge in [-0.05, 0) is 31.9 Å². The summed E-state index contributed by atoms with van der Waals surface area (Å²) < 4.78 is 10.7. The second-order valence-electron chi connectivity index (χ2n) is 5.47. The number of amides is 1. The summed E-state index contributed by atoms with van der Waals surface area (Å²) in [5.41, 5.74) is 0.625. The van der Waals surface area contributed by atoms with Gasteiger partial charge in [-0.25, -0.2) is 0 Å². The number of benzene rings is 1. The Morgan fingerprint density at radius 2 is 1.95 bits per heavy atom. The number of hydrogen-bond acceptors (Lipinski definition) is 4. The minimum atomic E-state index is -0.677. The van der Waals surface area contributed by atoms with Gasteiger partial charge in [-0.15, -0.1) is 0 Å². The second kappa shape index (κ2) is 7.88. The predicted molar refractivity (Wildman–Crippen MR) is 81.6 cm³/mol. The normalized spacial score (nSPS) is 13.7. The van der Waals surface area contributed by atoms with Gasteiger partial charge in [0.25, 0.3) is 5.91 Å². The minimum Gasteiger partial charge on any atom is -0.497 e. The molecule has 21 heavy (non-hydrogen) atoms. The lowest BCUT2D eigenvalue weighted by Crippen LogP contribution is -2.39. The fraction of sp³-hybridized carbons (Fsp3) is 0.562. The summed E-state index contributed by atoms with van der Waals surface area (Å²) in [6.07, 6.45) is -0.677. The molecule has 5 heteroatoms. The van der Waals surface area contributed by atoms with Crippen LogP contribution in [0.5, 0.6) is 11.5 Å². The molecule has 1 unspecified atom stereocenters. The Morgan fingerprint density at radius 3 is 2.48 bits per heavy atom. The van der Waals surface area contributed by atoms with E-state index in [9.17, 15) is 9.90 Å². The zero-order valence-corrected chi connectivity index (χ0v) is 13.3. The maximum atomic E-state index is 11.8. The van der Waals surface area contributed by atoms with Crippen molar-refractivity contribution in [2.45, 2.75) is 39.8 Å². The molecular formula is C16H25NO4. The van der Waals surface area contributed by atoms with Crippen LogP contribution in [-0.2, 0) is 4.79 Å². The molecule has 1 aromatic rings. The SMILES string of the molecule is COc1ccc([C@@H](C)O)c(OCC(=O)NC(C)C(C)C)c1. The number of aliphatic hydroxyl groups is 1. The Labute approximate surface area is 126 Å². The Bertz CT molecular complexity index is 471. The molecule has 1 aromatic carbocycles. The van der Waals surface area contributed by atoms with Crippen LogP contribution in [0.3, 0.4) is 0 Å². The number of methoxy groups -OCH3 is 1. The van der Waals surface area contributed by atoms with Crippen molar-refractivity contribution in [3.05, 3.63) is 23.8 Å². The van der Waals surface area contributed by atoms with E-state index in [-0.39, 0.29) is 18.6 Å². The zero-order chi connectivity index (χ0) is 16.0. The van der Waals surface area contributed by atoms with E-state index in [4.69, 9.17) is 9.47 Å². The number of carbonyl (C=O) groups is 1. The van der Waals surface area contributed by atoms with Gasteiger partial charge in [-0.1, -0.05) is 13.8 Å². The molecule has 0 saturated carbocycles. The third-order valence-electron chi connectivity index (χ3n) is 3.42. The Kier molecular flexibility index (Phi) is 6.49. The lowest BCUT2D eigenvalue weighted by Gasteiger charge is -2.18. The lowest BCUT2D eigenvalue weighted by molar-refractivity contribution is -0.124. The monoisotopic (exact) mass is 295 g/mol. The average Bonchev–Trinajstić information content (AvgIpc) is 2.44. The van der Waals surface area contributed by atoms with Gasteiger partial charge in [-0.2, -0.15) is 0 Å². The van der Waals surface area contributed by atoms with Gasteiger partial charge in [-0.3, -0.25) is 4.79 Å². The van der Waals surface area contributed by atoms with E-state index in [1.165, 1.54) is 0 Å². The van der Waals surface area contributed by atoms with E-state index < -0.39 is 6.10 Å². The summed E-state index contributed by atoms with van der Waals surface area (Å²) >= 11 is 0. The van der Waals surface area contributed by atoms with Crippen molar-refractivity contribution in [2.24, 2.45) is 5.92 Å². The summed E-state index contributed by atoms with van der Waals surface area (Å²) in [7, 11) is 1.55. The predicted octanol–water partition coefficient (Wildman–Crippen LogP) is 2.29. The number of aliphatic hydroxyl groups excluding tert-OH is 1. The third kappa shape index (κ3) is 5.27. The third-order valence-corrected chi connectivity index (χ3v) is 3.42. The molecule has 0 aliphatic carbocycles. The molecule has 1 rings (SSSR count). The molecule has 0 spiro atoms. The van der Waals surface area contributed by atoms with E-state index in [2.05, 4.69) is 5.32 Å². The van der Waals surface area contributed by atoms with Crippen LogP contribution >= 0.6 is 0 Å². The molecule has 0 fully saturated rings. The molecule has 5 nitrogen and oxygen atoms in total. The molecule has 0 aliphatic heterocycles. The van der Waals surface area contributed by atoms with Crippen LogP contribution in [0.2, 0.25) is 0 Å². The van der Waals surface area contributed by atoms with Crippen LogP contribution < -0.4 is 14.8 Å². The van der Waals surface area contributed by atoms with Crippen molar-refractivity contribution in [2.75, 3.05) is 13.7 Å². The van der Waals surface area contributed by atoms with Crippen molar-refractivity contribution in [3.8, 4) is 11.5 Å². The first-order valence-corrected chi connectivity index (χ1v) is 7.13. The first-order valence-electron chi connectivity index (χ1n) is 7.13. The van der Waals surface area contributed by atoms with E-state index in [0.717, 1.165) is 0 Å². The number of ether oxygens (including phenoxy) is 2. The van der Waals surface area contributed by atoms with Crippen LogP contribution in [0, 0.1) is 5.92 Å². The Balaban J connectivity index is 2.71. The molecular weight excluding hydrogens is 270 g/mol. The molecule has 0 bridgehead atoms. The zero-order valence-electron chi connectivity index (χ0n) is 13.3. The quantitative estimate of drug-likeness (QED) is 0.810. The summed E-state index contributed by atoms with van der Waals surface area (Å²) in [5.74, 6) is 1.25. The summed E-state index contributed by atoms with van der Waals surface area (Å²) in [4.78, 5) is 11.8. The van der Waals surface area contributed by atoms with Gasteiger partial charge in [0.2, 0.25) is 0 Å². The van der Waals surface area contributed by atoms with Gasteiger partial charge in [0.15, 0.2) is 6.61 Å². The van der Waals surface area contributed by atoms with Crippen LogP contribution in [-0.4, -0.2) is 30.8 Å². The summed E-state index contributed by atoms with van der Waals surface area (Å²) in [5, 5.41) is 12.6. The van der Waals surface area contributed by atoms with Crippen molar-refractivity contribution in [1.82, 2.24) is 5.32 Å². The van der Waals surface area contributed by atoms with E-state index in [1.54, 1.807) is 32.2 Å². The molecule has 0 aromatic heterocycles. The maximum Gasteiger partial charge on any atom is 0.258 e. The van der Waals surface area contributed by atoms with Gasteiger partial charge in [0.05, 0.1) is 13.2 Å². The molecule has 1 amide bonds. The average molecular weight is 295 g/mol. The van der Waals surface area contributed by atoms with Gasteiger partial charge < -0.3 is 19.9 Å². The van der Waals surface area contributed by atoms with Gasteiger partial charge in [0, 0.05) is 17.7 Å². The van der Waals surface area contributed by atoms with Crippen molar-refractivity contribution >= 4 is 5.91 Å². The Morgan fingerprint density at radius 1 is 1.29 bits per heavy atom. The fourth-order valence-electron chi connectivity index (χ4n) is 1.72. The van der Waals surface area contributed by atoms with Crippen molar-refractivity contribution < 1.29 is 19.4 Å². The molecule has 0 aliphatic rings. The second-order valence-corrected chi connectivity index (χ2v) is 5.47. The molecule has 0 heterocycles. The van der Waals surface area contributed by atoms with E-state index >= 15 is 0 Å². The first-order chi connectivity index (χ1) is 9.85. The molecule has 2 N–H and O–H groups in total. The number of nitrogens with one attached hydrogen (secondary N) is 1.